The molecule has 0 amide bonds. The van der Waals surface area contributed by atoms with Gasteiger partial charge in [-0.3, -0.25) is 14.3 Å². The monoisotopic (exact) mass is 692 g/mol. The molecule has 2 aromatic heterocycles. The van der Waals surface area contributed by atoms with E-state index in [4.69, 9.17) is 18.9 Å². The number of ether oxygens (including phenoxy) is 4. The second-order valence-electron chi connectivity index (χ2n) is 13.0. The summed E-state index contributed by atoms with van der Waals surface area (Å²) in [6.45, 7) is 1.69. The molecule has 264 valence electrons. The summed E-state index contributed by atoms with van der Waals surface area (Å²) in [6.07, 6.45) is 0.790. The van der Waals surface area contributed by atoms with Gasteiger partial charge in [-0.1, -0.05) is 54.6 Å². The molecule has 2 fully saturated rings. The number of methoxy groups -OCH3 is 2. The van der Waals surface area contributed by atoms with Gasteiger partial charge in [0, 0.05) is 31.9 Å². The Labute approximate surface area is 294 Å². The van der Waals surface area contributed by atoms with E-state index >= 15 is 0 Å². The van der Waals surface area contributed by atoms with E-state index in [1.807, 2.05) is 109 Å². The van der Waals surface area contributed by atoms with Crippen LogP contribution in [0.1, 0.15) is 28.5 Å². The summed E-state index contributed by atoms with van der Waals surface area (Å²) in [7, 11) is 6.99. The van der Waals surface area contributed by atoms with Crippen molar-refractivity contribution in [2.24, 2.45) is 0 Å². The number of fused-ring (bicyclic) bond motifs is 2. The summed E-state index contributed by atoms with van der Waals surface area (Å²) in [5.74, 6) is 2.58. The number of aliphatic hydroxyl groups excluding tert-OH is 1. The third kappa shape index (κ3) is 5.82. The quantitative estimate of drug-likeness (QED) is 0.197. The van der Waals surface area contributed by atoms with E-state index < -0.39 is 40.8 Å². The zero-order chi connectivity index (χ0) is 35.9. The van der Waals surface area contributed by atoms with Crippen LogP contribution in [0.5, 0.6) is 11.5 Å². The topological polar surface area (TPSA) is 144 Å². The number of nitrogens with one attached hydrogen (secondary N) is 1. The number of aromatic nitrogens is 4. The first kappa shape index (κ1) is 34.0. The van der Waals surface area contributed by atoms with Crippen molar-refractivity contribution in [1.29, 1.82) is 0 Å². The molecule has 2 bridgehead atoms. The van der Waals surface area contributed by atoms with Crippen LogP contribution in [0.25, 0.3) is 0 Å². The van der Waals surface area contributed by atoms with Crippen LogP contribution in [0, 0.1) is 6.92 Å². The fourth-order valence-corrected chi connectivity index (χ4v) is 7.13. The number of morpholine rings is 1. The zero-order valence-corrected chi connectivity index (χ0v) is 29.0. The van der Waals surface area contributed by atoms with Crippen molar-refractivity contribution in [3.8, 4) is 11.5 Å². The van der Waals surface area contributed by atoms with Crippen LogP contribution in [0.3, 0.4) is 0 Å². The molecule has 2 aliphatic heterocycles. The minimum absolute atomic E-state index is 0.104. The number of rotatable bonds is 11. The summed E-state index contributed by atoms with van der Waals surface area (Å²) >= 11 is 0. The standard InChI is InChI=1S/C38H40N6O7/c1-24-20-43(36(47)41-34(24)46)35-32-33(45)37(51-35,21-44(32)31-19-30(42(2)3)39-23-40-31)22-50-38(25-9-7-6-8-10-25,26-11-15-28(48-4)16-12-26)27-13-17-29(49-5)18-14-27/h6-20,23,32-33,35,45H,21-22H2,1-5H3,(H,41,46,47)/t32-,33+,35-,37-/m1/s1. The molecule has 51 heavy (non-hydrogen) atoms. The van der Waals surface area contributed by atoms with Crippen molar-refractivity contribution in [3.63, 3.8) is 0 Å². The molecule has 4 atom stereocenters. The second-order valence-corrected chi connectivity index (χ2v) is 13.0. The van der Waals surface area contributed by atoms with Crippen LogP contribution in [0.15, 0.2) is 107 Å². The number of anilines is 2. The Kier molecular flexibility index (Phi) is 8.87. The lowest BCUT2D eigenvalue weighted by atomic mass is 9.79. The van der Waals surface area contributed by atoms with Gasteiger partial charge < -0.3 is 33.9 Å². The molecule has 0 radical (unpaired) electrons. The van der Waals surface area contributed by atoms with E-state index in [1.165, 1.54) is 17.1 Å². The highest BCUT2D eigenvalue weighted by Crippen LogP contribution is 2.50. The molecule has 0 spiro atoms. The first-order chi connectivity index (χ1) is 24.6. The molecule has 5 aromatic rings. The van der Waals surface area contributed by atoms with E-state index in [0.29, 0.717) is 28.7 Å². The molecular formula is C38H40N6O7. The maximum atomic E-state index is 13.3. The summed E-state index contributed by atoms with van der Waals surface area (Å²) < 4.78 is 26.3. The molecule has 7 rings (SSSR count). The summed E-state index contributed by atoms with van der Waals surface area (Å²) in [6, 6.07) is 26.2. The average Bonchev–Trinajstić information content (AvgIpc) is 3.60. The number of nitrogens with zero attached hydrogens (tertiary/aromatic N) is 5. The van der Waals surface area contributed by atoms with Crippen LogP contribution in [-0.2, 0) is 15.1 Å². The fraction of sp³-hybridized carbons (Fsp3) is 0.316. The number of hydrogen-bond donors (Lipinski definition) is 2. The molecule has 4 heterocycles. The number of aromatic amines is 1. The van der Waals surface area contributed by atoms with Crippen LogP contribution in [0.2, 0.25) is 0 Å². The summed E-state index contributed by atoms with van der Waals surface area (Å²) in [5, 5.41) is 12.3. The van der Waals surface area contributed by atoms with Crippen molar-refractivity contribution in [1.82, 2.24) is 19.5 Å². The average molecular weight is 693 g/mol. The van der Waals surface area contributed by atoms with Crippen LogP contribution in [0.4, 0.5) is 11.6 Å². The van der Waals surface area contributed by atoms with Crippen molar-refractivity contribution in [2.45, 2.75) is 36.5 Å². The van der Waals surface area contributed by atoms with Crippen LogP contribution >= 0.6 is 0 Å². The van der Waals surface area contributed by atoms with Gasteiger partial charge in [0.15, 0.2) is 6.23 Å². The molecule has 13 nitrogen and oxygen atoms in total. The number of aryl methyl sites for hydroxylation is 1. The molecule has 0 aliphatic carbocycles. The number of H-pyrrole nitrogens is 1. The normalized spacial score (nSPS) is 21.1. The van der Waals surface area contributed by atoms with Gasteiger partial charge in [-0.05, 0) is 47.9 Å². The van der Waals surface area contributed by atoms with Gasteiger partial charge in [-0.2, -0.15) is 0 Å². The largest absolute Gasteiger partial charge is 0.497 e. The summed E-state index contributed by atoms with van der Waals surface area (Å²) in [5.41, 5.74) is -0.905. The van der Waals surface area contributed by atoms with Crippen molar-refractivity contribution in [2.75, 3.05) is 51.3 Å². The lowest BCUT2D eigenvalue weighted by Crippen LogP contribution is -2.52. The Morgan fingerprint density at radius 2 is 1.55 bits per heavy atom. The number of hydrogen-bond acceptors (Lipinski definition) is 11. The maximum Gasteiger partial charge on any atom is 0.330 e. The van der Waals surface area contributed by atoms with E-state index in [0.717, 1.165) is 16.7 Å². The molecular weight excluding hydrogens is 652 g/mol. The van der Waals surface area contributed by atoms with Gasteiger partial charge in [0.25, 0.3) is 5.56 Å². The summed E-state index contributed by atoms with van der Waals surface area (Å²) in [4.78, 5) is 40.7. The van der Waals surface area contributed by atoms with Crippen molar-refractivity contribution >= 4 is 11.6 Å². The zero-order valence-electron chi connectivity index (χ0n) is 29.0. The second kappa shape index (κ2) is 13.3. The first-order valence-corrected chi connectivity index (χ1v) is 16.5. The number of benzene rings is 3. The fourth-order valence-electron chi connectivity index (χ4n) is 7.13. The predicted octanol–water partition coefficient (Wildman–Crippen LogP) is 3.24. The van der Waals surface area contributed by atoms with E-state index in [2.05, 4.69) is 15.0 Å². The minimum atomic E-state index is -1.35. The van der Waals surface area contributed by atoms with Gasteiger partial charge in [0.1, 0.15) is 52.8 Å². The molecule has 13 heteroatoms. The van der Waals surface area contributed by atoms with Crippen LogP contribution < -0.4 is 30.5 Å². The van der Waals surface area contributed by atoms with Gasteiger partial charge in [0.2, 0.25) is 0 Å². The van der Waals surface area contributed by atoms with Gasteiger partial charge >= 0.3 is 5.69 Å². The minimum Gasteiger partial charge on any atom is -0.497 e. The first-order valence-electron chi connectivity index (χ1n) is 16.5. The molecule has 2 saturated heterocycles. The smallest absolute Gasteiger partial charge is 0.330 e. The third-order valence-corrected chi connectivity index (χ3v) is 9.83. The highest BCUT2D eigenvalue weighted by molar-refractivity contribution is 5.54. The lowest BCUT2D eigenvalue weighted by Gasteiger charge is -2.41. The lowest BCUT2D eigenvalue weighted by molar-refractivity contribution is -0.159. The van der Waals surface area contributed by atoms with Crippen molar-refractivity contribution in [3.05, 3.63) is 141 Å². The van der Waals surface area contributed by atoms with Crippen LogP contribution in [-0.4, -0.2) is 83.8 Å². The molecule has 0 unspecified atom stereocenters. The van der Waals surface area contributed by atoms with E-state index in [9.17, 15) is 14.7 Å². The highest BCUT2D eigenvalue weighted by atomic mass is 16.6. The Morgan fingerprint density at radius 3 is 2.14 bits per heavy atom. The van der Waals surface area contributed by atoms with Crippen molar-refractivity contribution < 1.29 is 24.1 Å². The predicted molar refractivity (Wildman–Crippen MR) is 191 cm³/mol. The van der Waals surface area contributed by atoms with E-state index in [1.54, 1.807) is 21.1 Å². The molecule has 3 aromatic carbocycles. The van der Waals surface area contributed by atoms with E-state index in [-0.39, 0.29) is 13.2 Å². The highest BCUT2D eigenvalue weighted by Gasteiger charge is 2.65. The number of aliphatic hydroxyl groups is 1. The SMILES string of the molecule is COc1ccc(C(OC[C@@]23CN(c4cc(N(C)C)ncn4)[C@@H]([C@H](n4cc(C)c(=O)[nH]c4=O)O2)[C@@H]3O)(c2ccccc2)c2ccc(OC)cc2)cc1. The third-order valence-electron chi connectivity index (χ3n) is 9.83. The maximum absolute atomic E-state index is 13.3. The molecule has 2 N–H and O–H groups in total. The Balaban J connectivity index is 1.37. The van der Waals surface area contributed by atoms with Gasteiger partial charge in [-0.15, -0.1) is 0 Å². The molecule has 0 saturated carbocycles. The van der Waals surface area contributed by atoms with Gasteiger partial charge in [-0.25, -0.2) is 14.8 Å². The Bertz CT molecular complexity index is 2070. The van der Waals surface area contributed by atoms with Gasteiger partial charge in [0.05, 0.1) is 27.4 Å². The molecule has 2 aliphatic rings. The Hall–Kier alpha value is -5.50. The Morgan fingerprint density at radius 1 is 0.941 bits per heavy atom.